The molecule has 0 aliphatic carbocycles. The predicted molar refractivity (Wildman–Crippen MR) is 100 cm³/mol. The lowest BCUT2D eigenvalue weighted by molar-refractivity contribution is -0.138. The molecule has 0 aliphatic rings. The summed E-state index contributed by atoms with van der Waals surface area (Å²) in [5.74, 6) is -1.08. The standard InChI is InChI=1S/C20H18F3NO6/c1-27-13-5-7-14(8-6-13)30-17-9-4-12(20(21,22)23)10-15(17)24-16(19(26)29-3)11-18(25)28-2/h4-11,24H,1-3H3/b16-11+. The van der Waals surface area contributed by atoms with Gasteiger partial charge in [0.05, 0.1) is 38.7 Å². The van der Waals surface area contributed by atoms with E-state index in [1.54, 1.807) is 24.3 Å². The molecular weight excluding hydrogens is 407 g/mol. The molecule has 0 bridgehead atoms. The second kappa shape index (κ2) is 9.68. The first kappa shape index (κ1) is 22.6. The Bertz CT molecular complexity index is 939. The Morgan fingerprint density at radius 3 is 2.10 bits per heavy atom. The lowest BCUT2D eigenvalue weighted by Crippen LogP contribution is -2.16. The van der Waals surface area contributed by atoms with Gasteiger partial charge < -0.3 is 24.3 Å². The molecule has 0 amide bonds. The molecule has 2 aromatic carbocycles. The van der Waals surface area contributed by atoms with Crippen molar-refractivity contribution in [3.05, 3.63) is 59.8 Å². The molecule has 0 aliphatic heterocycles. The Morgan fingerprint density at radius 1 is 0.933 bits per heavy atom. The van der Waals surface area contributed by atoms with Crippen LogP contribution in [0.1, 0.15) is 5.56 Å². The quantitative estimate of drug-likeness (QED) is 0.527. The van der Waals surface area contributed by atoms with Gasteiger partial charge in [0.2, 0.25) is 0 Å². The van der Waals surface area contributed by atoms with Gasteiger partial charge in [0.15, 0.2) is 5.75 Å². The average molecular weight is 425 g/mol. The zero-order valence-electron chi connectivity index (χ0n) is 16.2. The van der Waals surface area contributed by atoms with Gasteiger partial charge in [0.25, 0.3) is 0 Å². The number of halogens is 3. The van der Waals surface area contributed by atoms with Crippen molar-refractivity contribution in [1.29, 1.82) is 0 Å². The van der Waals surface area contributed by atoms with E-state index in [2.05, 4.69) is 14.8 Å². The van der Waals surface area contributed by atoms with E-state index in [-0.39, 0.29) is 11.4 Å². The number of hydrogen-bond acceptors (Lipinski definition) is 7. The van der Waals surface area contributed by atoms with E-state index in [0.717, 1.165) is 38.5 Å². The highest BCUT2D eigenvalue weighted by atomic mass is 19.4. The van der Waals surface area contributed by atoms with Crippen molar-refractivity contribution in [2.45, 2.75) is 6.18 Å². The van der Waals surface area contributed by atoms with Gasteiger partial charge in [-0.3, -0.25) is 0 Å². The zero-order valence-corrected chi connectivity index (χ0v) is 16.2. The molecule has 0 saturated carbocycles. The Morgan fingerprint density at radius 2 is 1.57 bits per heavy atom. The zero-order chi connectivity index (χ0) is 22.3. The number of benzene rings is 2. The molecule has 0 saturated heterocycles. The summed E-state index contributed by atoms with van der Waals surface area (Å²) in [5.41, 5.74) is -1.65. The molecule has 0 spiro atoms. The summed E-state index contributed by atoms with van der Waals surface area (Å²) >= 11 is 0. The van der Waals surface area contributed by atoms with Crippen molar-refractivity contribution in [2.75, 3.05) is 26.6 Å². The highest BCUT2D eigenvalue weighted by Crippen LogP contribution is 2.37. The molecular formula is C20H18F3NO6. The molecule has 2 aromatic rings. The van der Waals surface area contributed by atoms with Gasteiger partial charge in [-0.15, -0.1) is 0 Å². The van der Waals surface area contributed by atoms with Gasteiger partial charge in [-0.1, -0.05) is 0 Å². The van der Waals surface area contributed by atoms with E-state index in [9.17, 15) is 22.8 Å². The number of anilines is 1. The largest absolute Gasteiger partial charge is 0.497 e. The van der Waals surface area contributed by atoms with E-state index in [0.29, 0.717) is 11.5 Å². The summed E-state index contributed by atoms with van der Waals surface area (Å²) in [6.07, 6.45) is -3.89. The van der Waals surface area contributed by atoms with Gasteiger partial charge in [-0.2, -0.15) is 13.2 Å². The second-order valence-corrected chi connectivity index (χ2v) is 5.68. The third-order valence-corrected chi connectivity index (χ3v) is 3.73. The van der Waals surface area contributed by atoms with Crippen LogP contribution >= 0.6 is 0 Å². The maximum absolute atomic E-state index is 13.2. The fraction of sp³-hybridized carbons (Fsp3) is 0.200. The highest BCUT2D eigenvalue weighted by Gasteiger charge is 2.31. The van der Waals surface area contributed by atoms with Crippen molar-refractivity contribution >= 4 is 17.6 Å². The van der Waals surface area contributed by atoms with Crippen LogP contribution in [-0.4, -0.2) is 33.3 Å². The maximum Gasteiger partial charge on any atom is 0.416 e. The molecule has 0 unspecified atom stereocenters. The summed E-state index contributed by atoms with van der Waals surface area (Å²) in [7, 11) is 3.61. The van der Waals surface area contributed by atoms with Gasteiger partial charge in [-0.05, 0) is 42.5 Å². The predicted octanol–water partition coefficient (Wildman–Crippen LogP) is 4.15. The third-order valence-electron chi connectivity index (χ3n) is 3.73. The number of nitrogens with one attached hydrogen (secondary N) is 1. The van der Waals surface area contributed by atoms with Crippen molar-refractivity contribution in [3.63, 3.8) is 0 Å². The first-order valence-corrected chi connectivity index (χ1v) is 8.36. The number of carbonyl (C=O) groups excluding carboxylic acids is 2. The number of carbonyl (C=O) groups is 2. The van der Waals surface area contributed by atoms with E-state index < -0.39 is 29.4 Å². The summed E-state index contributed by atoms with van der Waals surface area (Å²) in [6, 6.07) is 8.95. The minimum Gasteiger partial charge on any atom is -0.497 e. The molecule has 10 heteroatoms. The first-order chi connectivity index (χ1) is 14.2. The van der Waals surface area contributed by atoms with Crippen molar-refractivity contribution in [1.82, 2.24) is 0 Å². The normalized spacial score (nSPS) is 11.5. The number of alkyl halides is 3. The molecule has 30 heavy (non-hydrogen) atoms. The lowest BCUT2D eigenvalue weighted by Gasteiger charge is -2.17. The topological polar surface area (TPSA) is 83.1 Å². The van der Waals surface area contributed by atoms with Crippen LogP contribution in [0.25, 0.3) is 0 Å². The van der Waals surface area contributed by atoms with Gasteiger partial charge in [0.1, 0.15) is 17.2 Å². The molecule has 0 radical (unpaired) electrons. The summed E-state index contributed by atoms with van der Waals surface area (Å²) < 4.78 is 59.2. The number of ether oxygens (including phenoxy) is 4. The molecule has 7 nitrogen and oxygen atoms in total. The fourth-order valence-corrected chi connectivity index (χ4v) is 2.24. The molecule has 0 atom stereocenters. The smallest absolute Gasteiger partial charge is 0.416 e. The molecule has 0 heterocycles. The van der Waals surface area contributed by atoms with Crippen molar-refractivity contribution in [2.24, 2.45) is 0 Å². The van der Waals surface area contributed by atoms with Crippen LogP contribution in [0, 0.1) is 0 Å². The maximum atomic E-state index is 13.2. The molecule has 0 aromatic heterocycles. The summed E-state index contributed by atoms with van der Waals surface area (Å²) in [5, 5.41) is 2.45. The molecule has 1 N–H and O–H groups in total. The average Bonchev–Trinajstić information content (AvgIpc) is 2.73. The Hall–Kier alpha value is -3.69. The van der Waals surface area contributed by atoms with Crippen LogP contribution in [0.15, 0.2) is 54.2 Å². The van der Waals surface area contributed by atoms with E-state index in [1.165, 1.54) is 7.11 Å². The SMILES string of the molecule is COC(=O)/C=C(/Nc1cc(C(F)(F)F)ccc1Oc1ccc(OC)cc1)C(=O)OC. The van der Waals surface area contributed by atoms with Gasteiger partial charge in [0, 0.05) is 0 Å². The van der Waals surface area contributed by atoms with Gasteiger partial charge >= 0.3 is 18.1 Å². The van der Waals surface area contributed by atoms with Crippen LogP contribution < -0.4 is 14.8 Å². The minimum atomic E-state index is -4.65. The number of hydrogen-bond donors (Lipinski definition) is 1. The molecule has 0 fully saturated rings. The van der Waals surface area contributed by atoms with E-state index in [1.807, 2.05) is 0 Å². The Labute approximate surface area is 170 Å². The summed E-state index contributed by atoms with van der Waals surface area (Å²) in [4.78, 5) is 23.5. The van der Waals surface area contributed by atoms with E-state index in [4.69, 9.17) is 9.47 Å². The monoisotopic (exact) mass is 425 g/mol. The first-order valence-electron chi connectivity index (χ1n) is 8.36. The molecule has 160 valence electrons. The lowest BCUT2D eigenvalue weighted by atomic mass is 10.1. The minimum absolute atomic E-state index is 0.0344. The summed E-state index contributed by atoms with van der Waals surface area (Å²) in [6.45, 7) is 0. The second-order valence-electron chi connectivity index (χ2n) is 5.68. The van der Waals surface area contributed by atoms with Gasteiger partial charge in [-0.25, -0.2) is 9.59 Å². The fourth-order valence-electron chi connectivity index (χ4n) is 2.24. The van der Waals surface area contributed by atoms with Crippen LogP contribution in [0.3, 0.4) is 0 Å². The Balaban J connectivity index is 2.47. The molecule has 2 rings (SSSR count). The number of rotatable bonds is 7. The third kappa shape index (κ3) is 5.90. The van der Waals surface area contributed by atoms with Crippen molar-refractivity contribution in [3.8, 4) is 17.2 Å². The van der Waals surface area contributed by atoms with Crippen LogP contribution in [-0.2, 0) is 25.2 Å². The van der Waals surface area contributed by atoms with Crippen LogP contribution in [0.2, 0.25) is 0 Å². The van der Waals surface area contributed by atoms with Crippen LogP contribution in [0.5, 0.6) is 17.2 Å². The number of esters is 2. The van der Waals surface area contributed by atoms with Crippen LogP contribution in [0.4, 0.5) is 18.9 Å². The Kier molecular flexibility index (Phi) is 7.29. The highest BCUT2D eigenvalue weighted by molar-refractivity contribution is 5.99. The van der Waals surface area contributed by atoms with Crippen molar-refractivity contribution < 1.29 is 41.7 Å². The number of methoxy groups -OCH3 is 3. The van der Waals surface area contributed by atoms with E-state index >= 15 is 0 Å².